The summed E-state index contributed by atoms with van der Waals surface area (Å²) >= 11 is 5.52. The van der Waals surface area contributed by atoms with Gasteiger partial charge in [0.05, 0.1) is 0 Å². The van der Waals surface area contributed by atoms with E-state index in [0.29, 0.717) is 18.3 Å². The molecule has 7 heteroatoms. The van der Waals surface area contributed by atoms with E-state index in [0.717, 1.165) is 0 Å². The van der Waals surface area contributed by atoms with E-state index in [1.165, 1.54) is 11.0 Å². The van der Waals surface area contributed by atoms with Gasteiger partial charge < -0.3 is 4.42 Å². The molecule has 68 valence electrons. The van der Waals surface area contributed by atoms with E-state index in [1.54, 1.807) is 6.92 Å². The first kappa shape index (κ1) is 8.18. The molecule has 0 aliphatic rings. The Labute approximate surface area is 78.6 Å². The van der Waals surface area contributed by atoms with Crippen molar-refractivity contribution >= 4 is 11.6 Å². The molecule has 0 radical (unpaired) electrons. The van der Waals surface area contributed by atoms with Gasteiger partial charge in [-0.15, -0.1) is 15.3 Å². The molecule has 0 N–H and O–H groups in total. The van der Waals surface area contributed by atoms with Crippen LogP contribution in [0.1, 0.15) is 11.8 Å². The maximum Gasteiger partial charge on any atom is 0.242 e. The average Bonchev–Trinajstić information content (AvgIpc) is 2.62. The van der Waals surface area contributed by atoms with Crippen molar-refractivity contribution in [1.29, 1.82) is 0 Å². The lowest BCUT2D eigenvalue weighted by Crippen LogP contribution is -2.00. The first-order chi connectivity index (χ1) is 6.24. The van der Waals surface area contributed by atoms with Crippen molar-refractivity contribution in [3.8, 4) is 0 Å². The minimum absolute atomic E-state index is 0.205. The lowest BCUT2D eigenvalue weighted by Gasteiger charge is -1.91. The zero-order chi connectivity index (χ0) is 9.26. The highest BCUT2D eigenvalue weighted by Crippen LogP contribution is 2.02. The summed E-state index contributed by atoms with van der Waals surface area (Å²) < 4.78 is 6.67. The number of hydrogen-bond acceptors (Lipinski definition) is 5. The molecule has 0 amide bonds. The topological polar surface area (TPSA) is 69.6 Å². The van der Waals surface area contributed by atoms with E-state index in [2.05, 4.69) is 20.3 Å². The molecule has 0 atom stereocenters. The van der Waals surface area contributed by atoms with Crippen molar-refractivity contribution in [3.05, 3.63) is 23.4 Å². The van der Waals surface area contributed by atoms with Crippen molar-refractivity contribution in [2.45, 2.75) is 13.5 Å². The van der Waals surface area contributed by atoms with Gasteiger partial charge in [-0.3, -0.25) is 0 Å². The first-order valence-electron chi connectivity index (χ1n) is 3.58. The second-order valence-electron chi connectivity index (χ2n) is 2.43. The number of hydrogen-bond donors (Lipinski definition) is 0. The number of nitrogens with zero attached hydrogens (tertiary/aromatic N) is 5. The SMILES string of the molecule is Cc1nnc(Cn2cnc(Cl)n2)o1. The monoisotopic (exact) mass is 199 g/mol. The Kier molecular flexibility index (Phi) is 1.97. The van der Waals surface area contributed by atoms with E-state index in [1.807, 2.05) is 0 Å². The normalized spacial score (nSPS) is 10.6. The Bertz CT molecular complexity index is 370. The third-order valence-corrected chi connectivity index (χ3v) is 1.55. The molecule has 2 aromatic heterocycles. The van der Waals surface area contributed by atoms with Gasteiger partial charge in [-0.2, -0.15) is 0 Å². The second kappa shape index (κ2) is 3.14. The fourth-order valence-corrected chi connectivity index (χ4v) is 1.03. The molecule has 6 nitrogen and oxygen atoms in total. The van der Waals surface area contributed by atoms with Crippen LogP contribution in [0.3, 0.4) is 0 Å². The summed E-state index contributed by atoms with van der Waals surface area (Å²) in [5.41, 5.74) is 0. The molecule has 13 heavy (non-hydrogen) atoms. The number of halogens is 1. The minimum atomic E-state index is 0.205. The number of aromatic nitrogens is 5. The predicted molar refractivity (Wildman–Crippen MR) is 43.2 cm³/mol. The highest BCUT2D eigenvalue weighted by atomic mass is 35.5. The van der Waals surface area contributed by atoms with Crippen molar-refractivity contribution in [2.75, 3.05) is 0 Å². The highest BCUT2D eigenvalue weighted by molar-refractivity contribution is 6.28. The third-order valence-electron chi connectivity index (χ3n) is 1.37. The van der Waals surface area contributed by atoms with Crippen molar-refractivity contribution in [1.82, 2.24) is 25.0 Å². The van der Waals surface area contributed by atoms with Gasteiger partial charge in [-0.25, -0.2) is 9.67 Å². The zero-order valence-corrected chi connectivity index (χ0v) is 7.56. The van der Waals surface area contributed by atoms with E-state index in [-0.39, 0.29) is 5.28 Å². The van der Waals surface area contributed by atoms with Crippen LogP contribution in [0.15, 0.2) is 10.7 Å². The van der Waals surface area contributed by atoms with Gasteiger partial charge in [0.25, 0.3) is 0 Å². The summed E-state index contributed by atoms with van der Waals surface area (Å²) in [7, 11) is 0. The molecular weight excluding hydrogens is 194 g/mol. The van der Waals surface area contributed by atoms with Gasteiger partial charge in [-0.1, -0.05) is 0 Å². The van der Waals surface area contributed by atoms with Crippen molar-refractivity contribution in [2.24, 2.45) is 0 Å². The Hall–Kier alpha value is -1.43. The summed E-state index contributed by atoms with van der Waals surface area (Å²) in [5, 5.41) is 11.5. The molecule has 2 rings (SSSR count). The second-order valence-corrected chi connectivity index (χ2v) is 2.76. The van der Waals surface area contributed by atoms with Crippen LogP contribution in [0, 0.1) is 6.92 Å². The van der Waals surface area contributed by atoms with Crippen LogP contribution in [0.2, 0.25) is 5.28 Å². The predicted octanol–water partition coefficient (Wildman–Crippen LogP) is 0.671. The van der Waals surface area contributed by atoms with Gasteiger partial charge >= 0.3 is 0 Å². The average molecular weight is 200 g/mol. The largest absolute Gasteiger partial charge is 0.424 e. The molecule has 2 heterocycles. The maximum atomic E-state index is 5.52. The van der Waals surface area contributed by atoms with Crippen LogP contribution < -0.4 is 0 Å². The summed E-state index contributed by atoms with van der Waals surface area (Å²) in [6.07, 6.45) is 1.50. The van der Waals surface area contributed by atoms with Gasteiger partial charge in [0, 0.05) is 6.92 Å². The van der Waals surface area contributed by atoms with Gasteiger partial charge in [0.1, 0.15) is 12.9 Å². The van der Waals surface area contributed by atoms with Crippen molar-refractivity contribution < 1.29 is 4.42 Å². The lowest BCUT2D eigenvalue weighted by molar-refractivity contribution is 0.444. The number of aryl methyl sites for hydroxylation is 1. The van der Waals surface area contributed by atoms with Crippen molar-refractivity contribution in [3.63, 3.8) is 0 Å². The number of rotatable bonds is 2. The molecule has 0 saturated carbocycles. The van der Waals surface area contributed by atoms with Gasteiger partial charge in [0.15, 0.2) is 0 Å². The first-order valence-corrected chi connectivity index (χ1v) is 3.96. The van der Waals surface area contributed by atoms with Crippen LogP contribution in [0.25, 0.3) is 0 Å². The molecule has 0 fully saturated rings. The lowest BCUT2D eigenvalue weighted by atomic mass is 10.6. The smallest absolute Gasteiger partial charge is 0.242 e. The molecule has 2 aromatic rings. The third kappa shape index (κ3) is 1.83. The van der Waals surface area contributed by atoms with Crippen LogP contribution in [0.5, 0.6) is 0 Å². The summed E-state index contributed by atoms with van der Waals surface area (Å²) in [6.45, 7) is 2.12. The molecule has 0 unspecified atom stereocenters. The maximum absolute atomic E-state index is 5.52. The molecule has 0 spiro atoms. The molecular formula is C6H6ClN5O. The molecule has 0 bridgehead atoms. The summed E-state index contributed by atoms with van der Waals surface area (Å²) in [6, 6.07) is 0. The fraction of sp³-hybridized carbons (Fsp3) is 0.333. The van der Waals surface area contributed by atoms with E-state index in [9.17, 15) is 0 Å². The Balaban J connectivity index is 2.14. The highest BCUT2D eigenvalue weighted by Gasteiger charge is 2.04. The Morgan fingerprint density at radius 1 is 1.54 bits per heavy atom. The fourth-order valence-electron chi connectivity index (χ4n) is 0.888. The summed E-state index contributed by atoms with van der Waals surface area (Å²) in [5.74, 6) is 1.01. The van der Waals surface area contributed by atoms with Crippen LogP contribution in [-0.4, -0.2) is 25.0 Å². The van der Waals surface area contributed by atoms with E-state index < -0.39 is 0 Å². The molecule has 0 saturated heterocycles. The van der Waals surface area contributed by atoms with Crippen LogP contribution in [0.4, 0.5) is 0 Å². The molecule has 0 aromatic carbocycles. The Morgan fingerprint density at radius 3 is 2.92 bits per heavy atom. The van der Waals surface area contributed by atoms with Gasteiger partial charge in [0.2, 0.25) is 17.1 Å². The minimum Gasteiger partial charge on any atom is -0.424 e. The molecule has 0 aliphatic heterocycles. The standard InChI is InChI=1S/C6H6ClN5O/c1-4-9-10-5(13-4)2-12-3-8-6(7)11-12/h3H,2H2,1H3. The zero-order valence-electron chi connectivity index (χ0n) is 6.81. The van der Waals surface area contributed by atoms with Crippen LogP contribution >= 0.6 is 11.6 Å². The quantitative estimate of drug-likeness (QED) is 0.711. The summed E-state index contributed by atoms with van der Waals surface area (Å²) in [4.78, 5) is 3.75. The Morgan fingerprint density at radius 2 is 2.38 bits per heavy atom. The van der Waals surface area contributed by atoms with Crippen LogP contribution in [-0.2, 0) is 6.54 Å². The molecule has 0 aliphatic carbocycles. The van der Waals surface area contributed by atoms with Gasteiger partial charge in [-0.05, 0) is 11.6 Å². The van der Waals surface area contributed by atoms with E-state index in [4.69, 9.17) is 16.0 Å². The van der Waals surface area contributed by atoms with E-state index >= 15 is 0 Å².